The van der Waals surface area contributed by atoms with E-state index >= 15 is 0 Å². The van der Waals surface area contributed by atoms with Crippen LogP contribution in [-0.4, -0.2) is 12.6 Å². The van der Waals surface area contributed by atoms with Crippen LogP contribution < -0.4 is 16.0 Å². The molecule has 1 heterocycles. The summed E-state index contributed by atoms with van der Waals surface area (Å²) in [6.07, 6.45) is 1.96. The van der Waals surface area contributed by atoms with Gasteiger partial charge in [0.1, 0.15) is 11.6 Å². The topological polar surface area (TPSA) is 53.2 Å². The molecule has 3 N–H and O–H groups in total. The van der Waals surface area contributed by atoms with E-state index < -0.39 is 6.17 Å². The SMILES string of the molecule is C=C(C)/C=C(/F)C1NC(CC)=C(NC=O)N1. The van der Waals surface area contributed by atoms with E-state index in [0.29, 0.717) is 24.2 Å². The molecule has 0 saturated heterocycles. The van der Waals surface area contributed by atoms with Gasteiger partial charge in [-0.2, -0.15) is 0 Å². The molecule has 0 aliphatic carbocycles. The zero-order valence-corrected chi connectivity index (χ0v) is 9.43. The molecule has 0 saturated carbocycles. The summed E-state index contributed by atoms with van der Waals surface area (Å²) in [4.78, 5) is 10.3. The van der Waals surface area contributed by atoms with Gasteiger partial charge in [-0.1, -0.05) is 19.1 Å². The Hall–Kier alpha value is -1.78. The molecule has 0 aromatic heterocycles. The lowest BCUT2D eigenvalue weighted by molar-refractivity contribution is -0.109. The van der Waals surface area contributed by atoms with Crippen LogP contribution in [-0.2, 0) is 4.79 Å². The Morgan fingerprint density at radius 2 is 2.31 bits per heavy atom. The second-order valence-corrected chi connectivity index (χ2v) is 3.57. The number of amides is 1. The lowest BCUT2D eigenvalue weighted by atomic mass is 10.3. The molecule has 1 atom stereocenters. The van der Waals surface area contributed by atoms with E-state index in [1.807, 2.05) is 6.92 Å². The standard InChI is InChI=1S/C11H16FN3O/c1-4-9-11(13-6-16)15-10(14-9)8(12)5-7(2)3/h5-6,10,14-15H,2,4H2,1,3H3,(H,13,16)/b8-5+. The maximum atomic E-state index is 13.6. The van der Waals surface area contributed by atoms with Gasteiger partial charge in [0.2, 0.25) is 6.41 Å². The van der Waals surface area contributed by atoms with Crippen LogP contribution in [0.25, 0.3) is 0 Å². The Morgan fingerprint density at radius 1 is 1.62 bits per heavy atom. The van der Waals surface area contributed by atoms with E-state index in [1.54, 1.807) is 6.92 Å². The molecule has 0 aromatic carbocycles. The maximum absolute atomic E-state index is 13.6. The number of halogens is 1. The van der Waals surface area contributed by atoms with Crippen molar-refractivity contribution in [1.82, 2.24) is 16.0 Å². The van der Waals surface area contributed by atoms with Crippen molar-refractivity contribution in [3.63, 3.8) is 0 Å². The second-order valence-electron chi connectivity index (χ2n) is 3.57. The predicted molar refractivity (Wildman–Crippen MR) is 60.6 cm³/mol. The minimum atomic E-state index is -0.630. The number of allylic oxidation sites excluding steroid dienone is 3. The number of nitrogens with one attached hydrogen (secondary N) is 3. The molecule has 0 aromatic rings. The molecule has 0 spiro atoms. The van der Waals surface area contributed by atoms with Gasteiger partial charge in [-0.3, -0.25) is 4.79 Å². The van der Waals surface area contributed by atoms with Crippen LogP contribution in [0.15, 0.2) is 35.6 Å². The van der Waals surface area contributed by atoms with Gasteiger partial charge in [0.25, 0.3) is 0 Å². The average Bonchev–Trinajstić information content (AvgIpc) is 2.61. The summed E-state index contributed by atoms with van der Waals surface area (Å²) in [6, 6.07) is 0. The first-order chi connectivity index (χ1) is 7.58. The molecule has 0 radical (unpaired) electrons. The lowest BCUT2D eigenvalue weighted by Gasteiger charge is -2.11. The summed E-state index contributed by atoms with van der Waals surface area (Å²) >= 11 is 0. The third-order valence-electron chi connectivity index (χ3n) is 2.13. The van der Waals surface area contributed by atoms with Gasteiger partial charge in [-0.15, -0.1) is 0 Å². The predicted octanol–water partition coefficient (Wildman–Crippen LogP) is 1.26. The van der Waals surface area contributed by atoms with E-state index in [4.69, 9.17) is 0 Å². The molecule has 88 valence electrons. The van der Waals surface area contributed by atoms with E-state index in [9.17, 15) is 9.18 Å². The number of hydrogen-bond donors (Lipinski definition) is 3. The van der Waals surface area contributed by atoms with Gasteiger partial charge >= 0.3 is 0 Å². The fourth-order valence-electron chi connectivity index (χ4n) is 1.44. The summed E-state index contributed by atoms with van der Waals surface area (Å²) in [5, 5.41) is 8.28. The molecule has 16 heavy (non-hydrogen) atoms. The minimum Gasteiger partial charge on any atom is -0.360 e. The Bertz CT molecular complexity index is 360. The van der Waals surface area contributed by atoms with Gasteiger partial charge in [-0.25, -0.2) is 4.39 Å². The average molecular weight is 225 g/mol. The normalized spacial score (nSPS) is 20.2. The van der Waals surface area contributed by atoms with Crippen LogP contribution >= 0.6 is 0 Å². The fraction of sp³-hybridized carbons (Fsp3) is 0.364. The zero-order chi connectivity index (χ0) is 12.1. The van der Waals surface area contributed by atoms with E-state index in [1.165, 1.54) is 6.08 Å². The van der Waals surface area contributed by atoms with Crippen LogP contribution in [0.2, 0.25) is 0 Å². The zero-order valence-electron chi connectivity index (χ0n) is 9.43. The molecular weight excluding hydrogens is 209 g/mol. The molecule has 1 amide bonds. The summed E-state index contributed by atoms with van der Waals surface area (Å²) < 4.78 is 13.6. The van der Waals surface area contributed by atoms with Gasteiger partial charge in [0.15, 0.2) is 6.17 Å². The van der Waals surface area contributed by atoms with Crippen LogP contribution in [0.1, 0.15) is 20.3 Å². The van der Waals surface area contributed by atoms with Crippen LogP contribution in [0.3, 0.4) is 0 Å². The minimum absolute atomic E-state index is 0.360. The molecular formula is C11H16FN3O. The van der Waals surface area contributed by atoms with Crippen molar-refractivity contribution in [2.24, 2.45) is 0 Å². The molecule has 4 nitrogen and oxygen atoms in total. The van der Waals surface area contributed by atoms with Crippen LogP contribution in [0.4, 0.5) is 4.39 Å². The third-order valence-corrected chi connectivity index (χ3v) is 2.13. The molecule has 1 aliphatic heterocycles. The van der Waals surface area contributed by atoms with E-state index in [2.05, 4.69) is 22.5 Å². The van der Waals surface area contributed by atoms with Gasteiger partial charge < -0.3 is 16.0 Å². The van der Waals surface area contributed by atoms with Crippen LogP contribution in [0, 0.1) is 0 Å². The highest BCUT2D eigenvalue weighted by atomic mass is 19.1. The maximum Gasteiger partial charge on any atom is 0.212 e. The van der Waals surface area contributed by atoms with E-state index in [0.717, 1.165) is 5.70 Å². The van der Waals surface area contributed by atoms with Crippen molar-refractivity contribution in [3.8, 4) is 0 Å². The summed E-state index contributed by atoms with van der Waals surface area (Å²) in [5.41, 5.74) is 1.42. The molecule has 0 fully saturated rings. The first-order valence-corrected chi connectivity index (χ1v) is 5.07. The molecule has 0 bridgehead atoms. The third kappa shape index (κ3) is 2.85. The smallest absolute Gasteiger partial charge is 0.212 e. The summed E-state index contributed by atoms with van der Waals surface area (Å²) in [6.45, 7) is 7.24. The Labute approximate surface area is 94.3 Å². The van der Waals surface area contributed by atoms with Crippen molar-refractivity contribution in [2.75, 3.05) is 0 Å². The highest BCUT2D eigenvalue weighted by Crippen LogP contribution is 2.15. The first kappa shape index (κ1) is 12.3. The van der Waals surface area contributed by atoms with Crippen molar-refractivity contribution in [3.05, 3.63) is 35.6 Å². The molecule has 1 aliphatic rings. The Balaban J connectivity index is 2.73. The van der Waals surface area contributed by atoms with Gasteiger partial charge in [-0.05, 0) is 19.4 Å². The van der Waals surface area contributed by atoms with Crippen molar-refractivity contribution in [2.45, 2.75) is 26.4 Å². The molecule has 1 unspecified atom stereocenters. The Kier molecular flexibility index (Phi) is 4.10. The van der Waals surface area contributed by atoms with Crippen LogP contribution in [0.5, 0.6) is 0 Å². The second kappa shape index (κ2) is 5.34. The monoisotopic (exact) mass is 225 g/mol. The number of carbonyl (C=O) groups is 1. The quantitative estimate of drug-likeness (QED) is 0.487. The van der Waals surface area contributed by atoms with Gasteiger partial charge in [0, 0.05) is 0 Å². The highest BCUT2D eigenvalue weighted by Gasteiger charge is 2.24. The number of carbonyl (C=O) groups excluding carboxylic acids is 1. The summed E-state index contributed by atoms with van der Waals surface area (Å²) in [7, 11) is 0. The van der Waals surface area contributed by atoms with E-state index in [-0.39, 0.29) is 5.83 Å². The van der Waals surface area contributed by atoms with Gasteiger partial charge in [0.05, 0.1) is 5.70 Å². The van der Waals surface area contributed by atoms with Crippen molar-refractivity contribution >= 4 is 6.41 Å². The first-order valence-electron chi connectivity index (χ1n) is 5.07. The molecule has 5 heteroatoms. The molecule has 1 rings (SSSR count). The van der Waals surface area contributed by atoms with Crippen molar-refractivity contribution < 1.29 is 9.18 Å². The fourth-order valence-corrected chi connectivity index (χ4v) is 1.44. The number of rotatable bonds is 5. The lowest BCUT2D eigenvalue weighted by Crippen LogP contribution is -2.35. The highest BCUT2D eigenvalue weighted by molar-refractivity contribution is 5.51. The Morgan fingerprint density at radius 3 is 2.81 bits per heavy atom. The van der Waals surface area contributed by atoms with Crippen molar-refractivity contribution in [1.29, 1.82) is 0 Å². The summed E-state index contributed by atoms with van der Waals surface area (Å²) in [5.74, 6) is 0.161. The number of hydrogen-bond acceptors (Lipinski definition) is 3. The largest absolute Gasteiger partial charge is 0.360 e.